The molecule has 0 N–H and O–H groups in total. The van der Waals surface area contributed by atoms with Gasteiger partial charge in [0.25, 0.3) is 0 Å². The molecule has 1 fully saturated rings. The summed E-state index contributed by atoms with van der Waals surface area (Å²) in [6.07, 6.45) is 5.67. The molecule has 1 saturated heterocycles. The Morgan fingerprint density at radius 1 is 1.29 bits per heavy atom. The zero-order chi connectivity index (χ0) is 15.2. The van der Waals surface area contributed by atoms with E-state index in [1.165, 1.54) is 12.8 Å². The van der Waals surface area contributed by atoms with Crippen molar-refractivity contribution in [3.05, 3.63) is 22.7 Å². The van der Waals surface area contributed by atoms with Crippen LogP contribution >= 0.6 is 23.2 Å². The molecule has 0 bridgehead atoms. The fourth-order valence-electron chi connectivity index (χ4n) is 2.69. The molecule has 0 amide bonds. The van der Waals surface area contributed by atoms with E-state index in [1.54, 1.807) is 14.2 Å². The van der Waals surface area contributed by atoms with Gasteiger partial charge in [-0.2, -0.15) is 0 Å². The molecule has 1 aromatic carbocycles. The first kappa shape index (κ1) is 16.7. The molecule has 1 aromatic rings. The van der Waals surface area contributed by atoms with Gasteiger partial charge in [0.2, 0.25) is 0 Å². The molecule has 0 saturated carbocycles. The first-order chi connectivity index (χ1) is 10.2. The summed E-state index contributed by atoms with van der Waals surface area (Å²) >= 11 is 12.8. The minimum absolute atomic E-state index is 0.145. The van der Waals surface area contributed by atoms with E-state index in [0.29, 0.717) is 22.6 Å². The van der Waals surface area contributed by atoms with Crippen LogP contribution in [0.15, 0.2) is 12.1 Å². The number of hydrogen-bond donors (Lipinski definition) is 0. The van der Waals surface area contributed by atoms with Crippen molar-refractivity contribution < 1.29 is 14.2 Å². The molecule has 0 aliphatic carbocycles. The maximum atomic E-state index is 6.54. The smallest absolute Gasteiger partial charge is 0.145 e. The van der Waals surface area contributed by atoms with E-state index in [9.17, 15) is 0 Å². The average Bonchev–Trinajstić information content (AvgIpc) is 2.53. The number of hydrogen-bond acceptors (Lipinski definition) is 3. The van der Waals surface area contributed by atoms with E-state index in [2.05, 4.69) is 0 Å². The Morgan fingerprint density at radius 2 is 2.10 bits per heavy atom. The number of ether oxygens (including phenoxy) is 3. The van der Waals surface area contributed by atoms with Crippen molar-refractivity contribution in [1.29, 1.82) is 0 Å². The van der Waals surface area contributed by atoms with Crippen LogP contribution in [0.2, 0.25) is 5.02 Å². The van der Waals surface area contributed by atoms with Gasteiger partial charge in [-0.05, 0) is 38.2 Å². The predicted molar refractivity (Wildman–Crippen MR) is 86.0 cm³/mol. The van der Waals surface area contributed by atoms with Crippen LogP contribution in [0.1, 0.15) is 43.0 Å². The Labute approximate surface area is 136 Å². The van der Waals surface area contributed by atoms with Crippen molar-refractivity contribution in [3.63, 3.8) is 0 Å². The van der Waals surface area contributed by atoms with Crippen LogP contribution in [0.25, 0.3) is 0 Å². The SMILES string of the molecule is COc1ccc(C(Cl)CCC2CCCCO2)c(OC)c1Cl. The lowest BCUT2D eigenvalue weighted by Crippen LogP contribution is -2.19. The molecule has 21 heavy (non-hydrogen) atoms. The normalized spacial score (nSPS) is 20.1. The third-order valence-electron chi connectivity index (χ3n) is 3.87. The topological polar surface area (TPSA) is 27.7 Å². The van der Waals surface area contributed by atoms with Gasteiger partial charge in [0, 0.05) is 12.2 Å². The van der Waals surface area contributed by atoms with Gasteiger partial charge in [-0.25, -0.2) is 0 Å². The molecule has 0 aromatic heterocycles. The number of methoxy groups -OCH3 is 2. The highest BCUT2D eigenvalue weighted by molar-refractivity contribution is 6.34. The van der Waals surface area contributed by atoms with Crippen LogP contribution in [-0.4, -0.2) is 26.9 Å². The van der Waals surface area contributed by atoms with Gasteiger partial charge in [-0.1, -0.05) is 17.7 Å². The van der Waals surface area contributed by atoms with Gasteiger partial charge in [0.15, 0.2) is 0 Å². The second kappa shape index (κ2) is 8.11. The molecule has 2 atom stereocenters. The van der Waals surface area contributed by atoms with Crippen LogP contribution < -0.4 is 9.47 Å². The summed E-state index contributed by atoms with van der Waals surface area (Å²) in [4.78, 5) is 0. The lowest BCUT2D eigenvalue weighted by Gasteiger charge is -2.24. The van der Waals surface area contributed by atoms with Gasteiger partial charge in [-0.15, -0.1) is 11.6 Å². The molecular weight excluding hydrogens is 311 g/mol. The standard InChI is InChI=1S/C16H22Cl2O3/c1-19-14-9-7-12(16(20-2)15(14)18)13(17)8-6-11-5-3-4-10-21-11/h7,9,11,13H,3-6,8,10H2,1-2H3. The van der Waals surface area contributed by atoms with Gasteiger partial charge >= 0.3 is 0 Å². The van der Waals surface area contributed by atoms with Gasteiger partial charge in [0.1, 0.15) is 16.5 Å². The largest absolute Gasteiger partial charge is 0.495 e. The van der Waals surface area contributed by atoms with E-state index in [-0.39, 0.29) is 5.38 Å². The number of alkyl halides is 1. The summed E-state index contributed by atoms with van der Waals surface area (Å²) in [5.41, 5.74) is 0.903. The van der Waals surface area contributed by atoms with E-state index < -0.39 is 0 Å². The van der Waals surface area contributed by atoms with E-state index >= 15 is 0 Å². The number of halogens is 2. The van der Waals surface area contributed by atoms with Crippen molar-refractivity contribution in [2.45, 2.75) is 43.6 Å². The second-order valence-corrected chi connectivity index (χ2v) is 6.14. The third-order valence-corrected chi connectivity index (χ3v) is 4.68. The molecule has 0 radical (unpaired) electrons. The Morgan fingerprint density at radius 3 is 2.71 bits per heavy atom. The summed E-state index contributed by atoms with van der Waals surface area (Å²) in [5, 5.41) is 0.325. The summed E-state index contributed by atoms with van der Waals surface area (Å²) in [6.45, 7) is 0.870. The molecule has 3 nitrogen and oxygen atoms in total. The fraction of sp³-hybridized carbons (Fsp3) is 0.625. The molecule has 2 rings (SSSR count). The van der Waals surface area contributed by atoms with E-state index in [1.807, 2.05) is 12.1 Å². The van der Waals surface area contributed by atoms with Gasteiger partial charge in [0.05, 0.1) is 25.7 Å². The molecule has 2 unspecified atom stereocenters. The Bertz CT molecular complexity index is 459. The Kier molecular flexibility index (Phi) is 6.46. The first-order valence-corrected chi connectivity index (χ1v) is 8.14. The van der Waals surface area contributed by atoms with Crippen molar-refractivity contribution in [3.8, 4) is 11.5 Å². The van der Waals surface area contributed by atoms with Crippen LogP contribution in [0, 0.1) is 0 Å². The highest BCUT2D eigenvalue weighted by atomic mass is 35.5. The van der Waals surface area contributed by atoms with Crippen LogP contribution in [-0.2, 0) is 4.74 Å². The van der Waals surface area contributed by atoms with Crippen LogP contribution in [0.3, 0.4) is 0 Å². The quantitative estimate of drug-likeness (QED) is 0.687. The molecule has 0 spiro atoms. The third kappa shape index (κ3) is 4.18. The second-order valence-electron chi connectivity index (χ2n) is 5.24. The summed E-state index contributed by atoms with van der Waals surface area (Å²) in [5.74, 6) is 1.19. The molecule has 5 heteroatoms. The molecule has 1 aliphatic rings. The Hall–Kier alpha value is -0.640. The van der Waals surface area contributed by atoms with E-state index in [0.717, 1.165) is 31.4 Å². The van der Waals surface area contributed by atoms with Gasteiger partial charge in [-0.3, -0.25) is 0 Å². The monoisotopic (exact) mass is 332 g/mol. The minimum Gasteiger partial charge on any atom is -0.495 e. The maximum Gasteiger partial charge on any atom is 0.145 e. The molecule has 1 aliphatic heterocycles. The zero-order valence-electron chi connectivity index (χ0n) is 12.5. The highest BCUT2D eigenvalue weighted by Crippen LogP contribution is 2.42. The van der Waals surface area contributed by atoms with E-state index in [4.69, 9.17) is 37.4 Å². The fourth-order valence-corrected chi connectivity index (χ4v) is 3.31. The van der Waals surface area contributed by atoms with Crippen molar-refractivity contribution in [2.75, 3.05) is 20.8 Å². The average molecular weight is 333 g/mol. The molecule has 1 heterocycles. The summed E-state index contributed by atoms with van der Waals surface area (Å²) in [6, 6.07) is 3.75. The van der Waals surface area contributed by atoms with Crippen LogP contribution in [0.4, 0.5) is 0 Å². The number of benzene rings is 1. The van der Waals surface area contributed by atoms with Crippen molar-refractivity contribution in [2.24, 2.45) is 0 Å². The van der Waals surface area contributed by atoms with Crippen LogP contribution in [0.5, 0.6) is 11.5 Å². The molecule has 118 valence electrons. The predicted octanol–water partition coefficient (Wildman–Crippen LogP) is 4.99. The maximum absolute atomic E-state index is 6.54. The van der Waals surface area contributed by atoms with Crippen molar-refractivity contribution >= 4 is 23.2 Å². The minimum atomic E-state index is -0.145. The lowest BCUT2D eigenvalue weighted by molar-refractivity contribution is 0.00998. The highest BCUT2D eigenvalue weighted by Gasteiger charge is 2.21. The summed E-state index contributed by atoms with van der Waals surface area (Å²) in [7, 11) is 3.18. The first-order valence-electron chi connectivity index (χ1n) is 7.33. The number of rotatable bonds is 6. The van der Waals surface area contributed by atoms with Gasteiger partial charge < -0.3 is 14.2 Å². The van der Waals surface area contributed by atoms with Crippen molar-refractivity contribution in [1.82, 2.24) is 0 Å². The lowest BCUT2D eigenvalue weighted by atomic mass is 10.00. The zero-order valence-corrected chi connectivity index (χ0v) is 14.0. The molecular formula is C16H22Cl2O3. The Balaban J connectivity index is 2.04. The summed E-state index contributed by atoms with van der Waals surface area (Å²) < 4.78 is 16.4.